The topological polar surface area (TPSA) is 57.6 Å². The van der Waals surface area contributed by atoms with Crippen molar-refractivity contribution in [2.45, 2.75) is 51.0 Å². The van der Waals surface area contributed by atoms with Crippen molar-refractivity contribution in [1.82, 2.24) is 4.90 Å². The van der Waals surface area contributed by atoms with E-state index in [1.807, 2.05) is 0 Å². The Morgan fingerprint density at radius 3 is 2.53 bits per heavy atom. The number of nitrogens with zero attached hydrogens (tertiary/aromatic N) is 1. The lowest BCUT2D eigenvalue weighted by Gasteiger charge is -2.22. The van der Waals surface area contributed by atoms with Crippen molar-refractivity contribution in [2.24, 2.45) is 11.3 Å². The van der Waals surface area contributed by atoms with Gasteiger partial charge in [0.05, 0.1) is 0 Å². The molecule has 4 heteroatoms. The SMILES string of the molecule is O=C(O)C1CCCN1C(=O)C1CC12CCCC2. The number of rotatable bonds is 2. The highest BCUT2D eigenvalue weighted by atomic mass is 16.4. The molecule has 0 bridgehead atoms. The number of hydrogen-bond acceptors (Lipinski definition) is 2. The molecule has 3 rings (SSSR count). The van der Waals surface area contributed by atoms with Crippen molar-refractivity contribution in [3.05, 3.63) is 0 Å². The monoisotopic (exact) mass is 237 g/mol. The van der Waals surface area contributed by atoms with Gasteiger partial charge in [-0.1, -0.05) is 12.8 Å². The molecule has 2 atom stereocenters. The van der Waals surface area contributed by atoms with E-state index in [1.54, 1.807) is 4.90 Å². The van der Waals surface area contributed by atoms with Crippen LogP contribution in [0.5, 0.6) is 0 Å². The molecule has 2 aliphatic carbocycles. The Kier molecular flexibility index (Phi) is 2.42. The van der Waals surface area contributed by atoms with E-state index in [1.165, 1.54) is 25.7 Å². The van der Waals surface area contributed by atoms with Crippen molar-refractivity contribution < 1.29 is 14.7 Å². The van der Waals surface area contributed by atoms with Gasteiger partial charge in [0.1, 0.15) is 6.04 Å². The molecule has 1 aliphatic heterocycles. The van der Waals surface area contributed by atoms with Crippen molar-refractivity contribution >= 4 is 11.9 Å². The van der Waals surface area contributed by atoms with Gasteiger partial charge in [-0.05, 0) is 37.5 Å². The fourth-order valence-electron chi connectivity index (χ4n) is 3.82. The second-order valence-corrected chi connectivity index (χ2v) is 5.85. The standard InChI is InChI=1S/C13H19NO3/c15-11(9-8-13(9)5-1-2-6-13)14-7-3-4-10(14)12(16)17/h9-10H,1-8H2,(H,16,17). The van der Waals surface area contributed by atoms with Gasteiger partial charge in [0.2, 0.25) is 5.91 Å². The molecule has 2 unspecified atom stereocenters. The zero-order valence-corrected chi connectivity index (χ0v) is 10.0. The van der Waals surface area contributed by atoms with Crippen LogP contribution in [-0.4, -0.2) is 34.5 Å². The third-order valence-electron chi connectivity index (χ3n) is 4.91. The molecule has 2 saturated carbocycles. The van der Waals surface area contributed by atoms with Crippen LogP contribution in [0.4, 0.5) is 0 Å². The predicted molar refractivity (Wildman–Crippen MR) is 61.4 cm³/mol. The molecule has 3 fully saturated rings. The van der Waals surface area contributed by atoms with Gasteiger partial charge in [-0.2, -0.15) is 0 Å². The highest BCUT2D eigenvalue weighted by molar-refractivity contribution is 5.88. The average Bonchev–Trinajstić information content (AvgIpc) is 2.71. The summed E-state index contributed by atoms with van der Waals surface area (Å²) in [5.74, 6) is -0.571. The van der Waals surface area contributed by atoms with Crippen LogP contribution in [0.3, 0.4) is 0 Å². The second kappa shape index (κ2) is 3.72. The number of carboxylic acids is 1. The minimum Gasteiger partial charge on any atom is -0.480 e. The van der Waals surface area contributed by atoms with E-state index in [0.717, 1.165) is 12.8 Å². The van der Waals surface area contributed by atoms with Crippen LogP contribution in [0.25, 0.3) is 0 Å². The molecule has 0 aromatic heterocycles. The third kappa shape index (κ3) is 1.65. The highest BCUT2D eigenvalue weighted by Gasteiger charge is 2.60. The summed E-state index contributed by atoms with van der Waals surface area (Å²) in [7, 11) is 0. The maximum absolute atomic E-state index is 12.3. The van der Waals surface area contributed by atoms with Gasteiger partial charge in [0.15, 0.2) is 0 Å². The molecule has 17 heavy (non-hydrogen) atoms. The number of likely N-dealkylation sites (tertiary alicyclic amines) is 1. The first-order chi connectivity index (χ1) is 8.14. The van der Waals surface area contributed by atoms with E-state index < -0.39 is 12.0 Å². The van der Waals surface area contributed by atoms with Crippen LogP contribution in [0.2, 0.25) is 0 Å². The van der Waals surface area contributed by atoms with Crippen LogP contribution >= 0.6 is 0 Å². The Hall–Kier alpha value is -1.06. The van der Waals surface area contributed by atoms with E-state index in [0.29, 0.717) is 13.0 Å². The summed E-state index contributed by atoms with van der Waals surface area (Å²) in [6, 6.07) is -0.554. The van der Waals surface area contributed by atoms with E-state index in [-0.39, 0.29) is 17.2 Å². The molecule has 0 aromatic carbocycles. The number of carboxylic acid groups (broad SMARTS) is 1. The van der Waals surface area contributed by atoms with Crippen LogP contribution in [0, 0.1) is 11.3 Å². The lowest BCUT2D eigenvalue weighted by Crippen LogP contribution is -2.41. The number of amides is 1. The highest BCUT2D eigenvalue weighted by Crippen LogP contribution is 2.63. The average molecular weight is 237 g/mol. The van der Waals surface area contributed by atoms with Gasteiger partial charge in [0, 0.05) is 12.5 Å². The van der Waals surface area contributed by atoms with Gasteiger partial charge in [-0.15, -0.1) is 0 Å². The molecule has 1 heterocycles. The van der Waals surface area contributed by atoms with E-state index >= 15 is 0 Å². The molecule has 3 aliphatic rings. The van der Waals surface area contributed by atoms with Crippen molar-refractivity contribution in [2.75, 3.05) is 6.54 Å². The number of carbonyl (C=O) groups is 2. The predicted octanol–water partition coefficient (Wildman–Crippen LogP) is 1.64. The van der Waals surface area contributed by atoms with Crippen LogP contribution in [-0.2, 0) is 9.59 Å². The van der Waals surface area contributed by atoms with Gasteiger partial charge in [-0.3, -0.25) is 4.79 Å². The van der Waals surface area contributed by atoms with Gasteiger partial charge in [-0.25, -0.2) is 4.79 Å². The first-order valence-corrected chi connectivity index (χ1v) is 6.67. The molecule has 1 N–H and O–H groups in total. The first-order valence-electron chi connectivity index (χ1n) is 6.67. The minimum absolute atomic E-state index is 0.122. The Morgan fingerprint density at radius 1 is 1.18 bits per heavy atom. The summed E-state index contributed by atoms with van der Waals surface area (Å²) >= 11 is 0. The maximum atomic E-state index is 12.3. The number of aliphatic carboxylic acids is 1. The van der Waals surface area contributed by atoms with Crippen LogP contribution in [0.15, 0.2) is 0 Å². The fraction of sp³-hybridized carbons (Fsp3) is 0.846. The molecular formula is C13H19NO3. The Labute approximate surface area is 101 Å². The second-order valence-electron chi connectivity index (χ2n) is 5.85. The largest absolute Gasteiger partial charge is 0.480 e. The zero-order valence-electron chi connectivity index (χ0n) is 10.0. The van der Waals surface area contributed by atoms with E-state index in [4.69, 9.17) is 5.11 Å². The molecular weight excluding hydrogens is 218 g/mol. The number of carbonyl (C=O) groups excluding carboxylic acids is 1. The lowest BCUT2D eigenvalue weighted by atomic mass is 10.0. The van der Waals surface area contributed by atoms with Gasteiger partial charge in [0.25, 0.3) is 0 Å². The fourth-order valence-corrected chi connectivity index (χ4v) is 3.82. The zero-order chi connectivity index (χ0) is 12.0. The molecule has 1 spiro atoms. The van der Waals surface area contributed by atoms with Crippen LogP contribution < -0.4 is 0 Å². The summed E-state index contributed by atoms with van der Waals surface area (Å²) < 4.78 is 0. The molecule has 0 aromatic rings. The maximum Gasteiger partial charge on any atom is 0.326 e. The quantitative estimate of drug-likeness (QED) is 0.794. The summed E-state index contributed by atoms with van der Waals surface area (Å²) in [6.07, 6.45) is 7.31. The Bertz CT molecular complexity index is 360. The first kappa shape index (κ1) is 11.1. The Balaban J connectivity index is 1.69. The normalized spacial score (nSPS) is 34.2. The lowest BCUT2D eigenvalue weighted by molar-refractivity contribution is -0.149. The molecule has 4 nitrogen and oxygen atoms in total. The van der Waals surface area contributed by atoms with E-state index in [2.05, 4.69) is 0 Å². The summed E-state index contributed by atoms with van der Waals surface area (Å²) in [5.41, 5.74) is 0.280. The van der Waals surface area contributed by atoms with Crippen molar-refractivity contribution in [3.63, 3.8) is 0 Å². The summed E-state index contributed by atoms with van der Waals surface area (Å²) in [5, 5.41) is 9.10. The van der Waals surface area contributed by atoms with Crippen molar-refractivity contribution in [1.29, 1.82) is 0 Å². The van der Waals surface area contributed by atoms with Crippen molar-refractivity contribution in [3.8, 4) is 0 Å². The van der Waals surface area contributed by atoms with Gasteiger partial charge < -0.3 is 10.0 Å². The Morgan fingerprint density at radius 2 is 1.88 bits per heavy atom. The molecule has 1 saturated heterocycles. The molecule has 0 radical (unpaired) electrons. The summed E-state index contributed by atoms with van der Waals surface area (Å²) in [4.78, 5) is 25.0. The minimum atomic E-state index is -0.836. The van der Waals surface area contributed by atoms with Gasteiger partial charge >= 0.3 is 5.97 Å². The molecule has 1 amide bonds. The summed E-state index contributed by atoms with van der Waals surface area (Å²) in [6.45, 7) is 0.641. The van der Waals surface area contributed by atoms with E-state index in [9.17, 15) is 9.59 Å². The van der Waals surface area contributed by atoms with Crippen LogP contribution in [0.1, 0.15) is 44.9 Å². The smallest absolute Gasteiger partial charge is 0.326 e. The number of hydrogen-bond donors (Lipinski definition) is 1. The third-order valence-corrected chi connectivity index (χ3v) is 4.91. The molecule has 94 valence electrons.